The molecule has 1 aliphatic rings. The third-order valence-electron chi connectivity index (χ3n) is 4.68. The number of benzene rings is 1. The van der Waals surface area contributed by atoms with Gasteiger partial charge >= 0.3 is 6.09 Å². The molecule has 0 atom stereocenters. The quantitative estimate of drug-likeness (QED) is 0.830. The van der Waals surface area contributed by atoms with Crippen LogP contribution in [0.4, 0.5) is 10.6 Å². The molecule has 0 spiro atoms. The number of nitrogens with one attached hydrogen (secondary N) is 1. The van der Waals surface area contributed by atoms with Crippen LogP contribution in [0.25, 0.3) is 0 Å². The van der Waals surface area contributed by atoms with Gasteiger partial charge in [-0.3, -0.25) is 4.79 Å². The number of nitrogens with zero attached hydrogens (tertiary/aromatic N) is 3. The highest BCUT2D eigenvalue weighted by molar-refractivity contribution is 5.94. The maximum atomic E-state index is 12.5. The van der Waals surface area contributed by atoms with Crippen LogP contribution in [0.1, 0.15) is 22.8 Å². The van der Waals surface area contributed by atoms with Crippen molar-refractivity contribution in [3.63, 3.8) is 0 Å². The average Bonchev–Trinajstić information content (AvgIpc) is 2.75. The van der Waals surface area contributed by atoms with E-state index in [-0.39, 0.29) is 12.0 Å². The minimum absolute atomic E-state index is 0.107. The third kappa shape index (κ3) is 5.22. The maximum Gasteiger partial charge on any atom is 0.409 e. The number of carbonyl (C=O) groups is 2. The van der Waals surface area contributed by atoms with Crippen LogP contribution in [0.3, 0.4) is 0 Å². The number of pyridine rings is 1. The summed E-state index contributed by atoms with van der Waals surface area (Å²) in [6.07, 6.45) is 2.17. The molecule has 2 amide bonds. The summed E-state index contributed by atoms with van der Waals surface area (Å²) >= 11 is 0. The Kier molecular flexibility index (Phi) is 6.84. The molecule has 7 heteroatoms. The van der Waals surface area contributed by atoms with Crippen molar-refractivity contribution in [2.24, 2.45) is 0 Å². The fourth-order valence-corrected chi connectivity index (χ4v) is 3.13. The number of ether oxygens (including phenoxy) is 1. The highest BCUT2D eigenvalue weighted by atomic mass is 16.6. The minimum Gasteiger partial charge on any atom is -0.450 e. The van der Waals surface area contributed by atoms with Gasteiger partial charge in [-0.15, -0.1) is 0 Å². The normalized spacial score (nSPS) is 13.9. The molecule has 2 aromatic rings. The molecule has 1 aromatic heterocycles. The van der Waals surface area contributed by atoms with E-state index in [1.165, 1.54) is 5.56 Å². The summed E-state index contributed by atoms with van der Waals surface area (Å²) < 4.78 is 5.04. The van der Waals surface area contributed by atoms with E-state index >= 15 is 0 Å². The van der Waals surface area contributed by atoms with Crippen LogP contribution < -0.4 is 10.2 Å². The molecule has 7 nitrogen and oxygen atoms in total. The van der Waals surface area contributed by atoms with Crippen LogP contribution in [0.2, 0.25) is 0 Å². The van der Waals surface area contributed by atoms with E-state index in [9.17, 15) is 9.59 Å². The van der Waals surface area contributed by atoms with Crippen molar-refractivity contribution in [1.82, 2.24) is 15.2 Å². The van der Waals surface area contributed by atoms with E-state index < -0.39 is 0 Å². The number of hydrogen-bond acceptors (Lipinski definition) is 5. The topological polar surface area (TPSA) is 74.8 Å². The number of hydrogen-bond donors (Lipinski definition) is 1. The summed E-state index contributed by atoms with van der Waals surface area (Å²) in [5.74, 6) is 0.643. The summed E-state index contributed by atoms with van der Waals surface area (Å²) in [5, 5.41) is 2.96. The fourth-order valence-electron chi connectivity index (χ4n) is 3.13. The second-order valence-electron chi connectivity index (χ2n) is 6.57. The molecule has 0 aliphatic carbocycles. The summed E-state index contributed by atoms with van der Waals surface area (Å²) in [6, 6.07) is 13.6. The smallest absolute Gasteiger partial charge is 0.409 e. The first-order chi connectivity index (χ1) is 13.7. The Morgan fingerprint density at radius 2 is 1.86 bits per heavy atom. The highest BCUT2D eigenvalue weighted by Gasteiger charge is 2.23. The second kappa shape index (κ2) is 9.73. The minimum atomic E-state index is -0.276. The molecule has 1 N–H and O–H groups in total. The van der Waals surface area contributed by atoms with Gasteiger partial charge in [0.2, 0.25) is 0 Å². The summed E-state index contributed by atoms with van der Waals surface area (Å²) in [5.41, 5.74) is 1.78. The number of aromatic nitrogens is 1. The standard InChI is InChI=1S/C21H26N4O3/c1-2-28-21(27)25-14-12-24(13-15-25)19-16-18(9-11-22-19)20(26)23-10-8-17-6-4-3-5-7-17/h3-7,9,11,16H,2,8,10,12-15H2,1H3,(H,23,26). The predicted octanol–water partition coefficient (Wildman–Crippen LogP) is 2.33. The van der Waals surface area contributed by atoms with Gasteiger partial charge in [0, 0.05) is 44.5 Å². The van der Waals surface area contributed by atoms with Crippen molar-refractivity contribution in [3.8, 4) is 0 Å². The molecule has 1 saturated heterocycles. The van der Waals surface area contributed by atoms with Crippen molar-refractivity contribution in [3.05, 3.63) is 59.8 Å². The lowest BCUT2D eigenvalue weighted by Crippen LogP contribution is -2.49. The van der Waals surface area contributed by atoms with E-state index in [2.05, 4.69) is 15.2 Å². The molecule has 0 bridgehead atoms. The summed E-state index contributed by atoms with van der Waals surface area (Å²) in [7, 11) is 0. The molecule has 3 rings (SSSR count). The maximum absolute atomic E-state index is 12.5. The number of rotatable bonds is 6. The van der Waals surface area contributed by atoms with E-state index in [0.717, 1.165) is 12.2 Å². The Hall–Kier alpha value is -3.09. The fraction of sp³-hybridized carbons (Fsp3) is 0.381. The van der Waals surface area contributed by atoms with E-state index in [0.29, 0.717) is 44.9 Å². The Bertz CT molecular complexity index is 789. The zero-order valence-electron chi connectivity index (χ0n) is 16.1. The zero-order chi connectivity index (χ0) is 19.8. The third-order valence-corrected chi connectivity index (χ3v) is 4.68. The van der Waals surface area contributed by atoms with Gasteiger partial charge in [0.05, 0.1) is 6.61 Å². The number of carbonyl (C=O) groups excluding carboxylic acids is 2. The molecule has 148 valence electrons. The monoisotopic (exact) mass is 382 g/mol. The zero-order valence-corrected chi connectivity index (χ0v) is 16.1. The van der Waals surface area contributed by atoms with Gasteiger partial charge in [-0.1, -0.05) is 30.3 Å². The lowest BCUT2D eigenvalue weighted by atomic mass is 10.1. The van der Waals surface area contributed by atoms with Crippen LogP contribution in [-0.2, 0) is 11.2 Å². The summed E-state index contributed by atoms with van der Waals surface area (Å²) in [4.78, 5) is 32.4. The summed E-state index contributed by atoms with van der Waals surface area (Å²) in [6.45, 7) is 5.23. The van der Waals surface area contributed by atoms with E-state index in [4.69, 9.17) is 4.74 Å². The Morgan fingerprint density at radius 1 is 1.11 bits per heavy atom. The first kappa shape index (κ1) is 19.7. The first-order valence-corrected chi connectivity index (χ1v) is 9.62. The van der Waals surface area contributed by atoms with Crippen LogP contribution >= 0.6 is 0 Å². The number of anilines is 1. The van der Waals surface area contributed by atoms with Gasteiger partial charge in [-0.2, -0.15) is 0 Å². The van der Waals surface area contributed by atoms with Crippen LogP contribution in [0, 0.1) is 0 Å². The molecule has 0 radical (unpaired) electrons. The molecule has 1 fully saturated rings. The van der Waals surface area contributed by atoms with E-state index in [1.807, 2.05) is 30.3 Å². The van der Waals surface area contributed by atoms with Crippen molar-refractivity contribution in [2.45, 2.75) is 13.3 Å². The van der Waals surface area contributed by atoms with Gasteiger partial charge in [-0.25, -0.2) is 9.78 Å². The molecule has 2 heterocycles. The molecular weight excluding hydrogens is 356 g/mol. The number of piperazine rings is 1. The molecule has 0 saturated carbocycles. The van der Waals surface area contributed by atoms with Crippen molar-refractivity contribution in [1.29, 1.82) is 0 Å². The highest BCUT2D eigenvalue weighted by Crippen LogP contribution is 2.15. The molecule has 0 unspecified atom stereocenters. The largest absolute Gasteiger partial charge is 0.450 e. The SMILES string of the molecule is CCOC(=O)N1CCN(c2cc(C(=O)NCCc3ccccc3)ccn2)CC1. The number of amides is 2. The van der Waals surface area contributed by atoms with Crippen LogP contribution in [0.15, 0.2) is 48.7 Å². The van der Waals surface area contributed by atoms with Gasteiger partial charge in [-0.05, 0) is 31.0 Å². The Balaban J connectivity index is 1.52. The van der Waals surface area contributed by atoms with Crippen LogP contribution in [-0.4, -0.2) is 61.2 Å². The lowest BCUT2D eigenvalue weighted by Gasteiger charge is -2.34. The average molecular weight is 382 g/mol. The second-order valence-corrected chi connectivity index (χ2v) is 6.57. The van der Waals surface area contributed by atoms with Crippen molar-refractivity contribution < 1.29 is 14.3 Å². The molecule has 1 aliphatic heterocycles. The van der Waals surface area contributed by atoms with Gasteiger partial charge in [0.15, 0.2) is 0 Å². The first-order valence-electron chi connectivity index (χ1n) is 9.62. The molecule has 1 aromatic carbocycles. The van der Waals surface area contributed by atoms with Gasteiger partial charge in [0.1, 0.15) is 5.82 Å². The van der Waals surface area contributed by atoms with Gasteiger partial charge in [0.25, 0.3) is 5.91 Å². The lowest BCUT2D eigenvalue weighted by molar-refractivity contribution is 0.0953. The predicted molar refractivity (Wildman–Crippen MR) is 108 cm³/mol. The molecular formula is C21H26N4O3. The van der Waals surface area contributed by atoms with Gasteiger partial charge < -0.3 is 19.9 Å². The van der Waals surface area contributed by atoms with Crippen LogP contribution in [0.5, 0.6) is 0 Å². The van der Waals surface area contributed by atoms with Crippen molar-refractivity contribution >= 4 is 17.8 Å². The van der Waals surface area contributed by atoms with Crippen molar-refractivity contribution in [2.75, 3.05) is 44.2 Å². The Labute approximate surface area is 165 Å². The van der Waals surface area contributed by atoms with E-state index in [1.54, 1.807) is 30.2 Å². The molecule has 28 heavy (non-hydrogen) atoms. The Morgan fingerprint density at radius 3 is 2.57 bits per heavy atom.